The predicted molar refractivity (Wildman–Crippen MR) is 63.1 cm³/mol. The van der Waals surface area contributed by atoms with E-state index in [-0.39, 0.29) is 18.5 Å². The van der Waals surface area contributed by atoms with Gasteiger partial charge in [0.05, 0.1) is 11.6 Å². The zero-order chi connectivity index (χ0) is 12.1. The first-order valence-corrected chi connectivity index (χ1v) is 5.91. The molecule has 0 spiro atoms. The van der Waals surface area contributed by atoms with Gasteiger partial charge in [-0.15, -0.1) is 0 Å². The molecule has 4 nitrogen and oxygen atoms in total. The van der Waals surface area contributed by atoms with Crippen molar-refractivity contribution in [2.24, 2.45) is 0 Å². The molecule has 2 rings (SSSR count). The second-order valence-electron chi connectivity index (χ2n) is 4.27. The predicted octanol–water partition coefficient (Wildman–Crippen LogP) is 1.99. The van der Waals surface area contributed by atoms with Crippen LogP contribution < -0.4 is 0 Å². The Kier molecular flexibility index (Phi) is 3.71. The van der Waals surface area contributed by atoms with Gasteiger partial charge >= 0.3 is 0 Å². The van der Waals surface area contributed by atoms with Crippen molar-refractivity contribution >= 4 is 5.91 Å². The highest BCUT2D eigenvalue weighted by molar-refractivity contribution is 5.94. The molecule has 1 amide bonds. The van der Waals surface area contributed by atoms with E-state index in [9.17, 15) is 4.79 Å². The molecule has 1 aliphatic rings. The molecular formula is C13H15N3O. The van der Waals surface area contributed by atoms with Crippen molar-refractivity contribution in [3.8, 4) is 6.07 Å². The first-order valence-electron chi connectivity index (χ1n) is 5.91. The van der Waals surface area contributed by atoms with E-state index in [4.69, 9.17) is 5.26 Å². The molecule has 4 heteroatoms. The summed E-state index contributed by atoms with van der Waals surface area (Å²) in [4.78, 5) is 17.9. The van der Waals surface area contributed by atoms with Gasteiger partial charge in [-0.05, 0) is 25.0 Å². The zero-order valence-electron chi connectivity index (χ0n) is 9.67. The van der Waals surface area contributed by atoms with Crippen LogP contribution in [0.2, 0.25) is 0 Å². The van der Waals surface area contributed by atoms with Gasteiger partial charge in [0.15, 0.2) is 0 Å². The van der Waals surface area contributed by atoms with E-state index >= 15 is 0 Å². The number of rotatable bonds is 3. The number of carbonyl (C=O) groups excluding carboxylic acids is 1. The van der Waals surface area contributed by atoms with E-state index in [1.165, 1.54) is 0 Å². The topological polar surface area (TPSA) is 57.0 Å². The minimum Gasteiger partial charge on any atom is -0.322 e. The third-order valence-corrected chi connectivity index (χ3v) is 3.18. The van der Waals surface area contributed by atoms with Crippen molar-refractivity contribution in [3.05, 3.63) is 30.1 Å². The van der Waals surface area contributed by atoms with Gasteiger partial charge in [0.2, 0.25) is 0 Å². The van der Waals surface area contributed by atoms with E-state index in [1.807, 2.05) is 0 Å². The minimum atomic E-state index is -0.0773. The molecule has 0 radical (unpaired) electrons. The molecule has 1 fully saturated rings. The molecule has 88 valence electrons. The highest BCUT2D eigenvalue weighted by atomic mass is 16.2. The number of nitriles is 1. The molecule has 1 aromatic rings. The van der Waals surface area contributed by atoms with Crippen molar-refractivity contribution in [3.63, 3.8) is 0 Å². The van der Waals surface area contributed by atoms with Crippen LogP contribution in [0.15, 0.2) is 24.5 Å². The average molecular weight is 229 g/mol. The van der Waals surface area contributed by atoms with Crippen LogP contribution in [-0.2, 0) is 0 Å². The Labute approximate surface area is 101 Å². The number of aromatic nitrogens is 1. The SMILES string of the molecule is N#CCN(C(=O)c1cccnc1)C1CCCC1. The van der Waals surface area contributed by atoms with Crippen LogP contribution in [0.4, 0.5) is 0 Å². The summed E-state index contributed by atoms with van der Waals surface area (Å²) >= 11 is 0. The lowest BCUT2D eigenvalue weighted by Crippen LogP contribution is -2.39. The Morgan fingerprint density at radius 3 is 2.88 bits per heavy atom. The molecule has 0 bridgehead atoms. The van der Waals surface area contributed by atoms with Crippen molar-refractivity contribution < 1.29 is 4.79 Å². The number of pyridine rings is 1. The number of nitrogens with zero attached hydrogens (tertiary/aromatic N) is 3. The first-order chi connectivity index (χ1) is 8.33. The Bertz CT molecular complexity index is 418. The molecule has 0 aromatic carbocycles. The fourth-order valence-electron chi connectivity index (χ4n) is 2.31. The van der Waals surface area contributed by atoms with Crippen molar-refractivity contribution in [2.45, 2.75) is 31.7 Å². The van der Waals surface area contributed by atoms with Crippen molar-refractivity contribution in [1.29, 1.82) is 5.26 Å². The summed E-state index contributed by atoms with van der Waals surface area (Å²) in [7, 11) is 0. The van der Waals surface area contributed by atoms with Crippen LogP contribution in [0.5, 0.6) is 0 Å². The molecule has 0 aliphatic heterocycles. The lowest BCUT2D eigenvalue weighted by atomic mass is 10.1. The maximum absolute atomic E-state index is 12.3. The fourth-order valence-corrected chi connectivity index (χ4v) is 2.31. The van der Waals surface area contributed by atoms with E-state index in [2.05, 4.69) is 11.1 Å². The highest BCUT2D eigenvalue weighted by Crippen LogP contribution is 2.24. The van der Waals surface area contributed by atoms with Gasteiger partial charge in [0.1, 0.15) is 6.54 Å². The third kappa shape index (κ3) is 2.62. The molecule has 0 unspecified atom stereocenters. The Balaban J connectivity index is 2.16. The van der Waals surface area contributed by atoms with E-state index in [0.717, 1.165) is 25.7 Å². The van der Waals surface area contributed by atoms with E-state index in [0.29, 0.717) is 5.56 Å². The Morgan fingerprint density at radius 1 is 1.53 bits per heavy atom. The van der Waals surface area contributed by atoms with Crippen LogP contribution in [0.25, 0.3) is 0 Å². The van der Waals surface area contributed by atoms with Crippen LogP contribution in [-0.4, -0.2) is 28.4 Å². The lowest BCUT2D eigenvalue weighted by molar-refractivity contribution is 0.0709. The Hall–Kier alpha value is -1.89. The second-order valence-corrected chi connectivity index (χ2v) is 4.27. The quantitative estimate of drug-likeness (QED) is 0.745. The monoisotopic (exact) mass is 229 g/mol. The summed E-state index contributed by atoms with van der Waals surface area (Å²) in [6, 6.07) is 5.79. The van der Waals surface area contributed by atoms with Gasteiger partial charge in [-0.25, -0.2) is 0 Å². The highest BCUT2D eigenvalue weighted by Gasteiger charge is 2.27. The summed E-state index contributed by atoms with van der Waals surface area (Å²) in [5, 5.41) is 8.83. The van der Waals surface area contributed by atoms with Gasteiger partial charge in [-0.2, -0.15) is 5.26 Å². The van der Waals surface area contributed by atoms with Crippen LogP contribution >= 0.6 is 0 Å². The van der Waals surface area contributed by atoms with E-state index < -0.39 is 0 Å². The van der Waals surface area contributed by atoms with Gasteiger partial charge in [-0.3, -0.25) is 9.78 Å². The van der Waals surface area contributed by atoms with Gasteiger partial charge in [0.25, 0.3) is 5.91 Å². The Morgan fingerprint density at radius 2 is 2.29 bits per heavy atom. The smallest absolute Gasteiger partial charge is 0.256 e. The molecule has 1 saturated carbocycles. The number of hydrogen-bond donors (Lipinski definition) is 0. The second kappa shape index (κ2) is 5.44. The molecule has 1 aromatic heterocycles. The van der Waals surface area contributed by atoms with Crippen LogP contribution in [0.3, 0.4) is 0 Å². The maximum atomic E-state index is 12.3. The van der Waals surface area contributed by atoms with Crippen LogP contribution in [0.1, 0.15) is 36.0 Å². The summed E-state index contributed by atoms with van der Waals surface area (Å²) in [5.74, 6) is -0.0773. The standard InChI is InChI=1S/C13H15N3O/c14-7-9-16(12-5-1-2-6-12)13(17)11-4-3-8-15-10-11/h3-4,8,10,12H,1-2,5-6,9H2. The lowest BCUT2D eigenvalue weighted by Gasteiger charge is -2.26. The maximum Gasteiger partial charge on any atom is 0.256 e. The largest absolute Gasteiger partial charge is 0.322 e. The molecule has 17 heavy (non-hydrogen) atoms. The van der Waals surface area contributed by atoms with Gasteiger partial charge in [0, 0.05) is 18.4 Å². The number of hydrogen-bond acceptors (Lipinski definition) is 3. The average Bonchev–Trinajstić information content (AvgIpc) is 2.90. The van der Waals surface area contributed by atoms with E-state index in [1.54, 1.807) is 29.4 Å². The molecule has 1 heterocycles. The number of amides is 1. The fraction of sp³-hybridized carbons (Fsp3) is 0.462. The summed E-state index contributed by atoms with van der Waals surface area (Å²) in [6.07, 6.45) is 7.50. The molecule has 0 N–H and O–H groups in total. The molecular weight excluding hydrogens is 214 g/mol. The summed E-state index contributed by atoms with van der Waals surface area (Å²) in [5.41, 5.74) is 0.564. The van der Waals surface area contributed by atoms with Crippen LogP contribution in [0, 0.1) is 11.3 Å². The normalized spacial score (nSPS) is 15.5. The molecule has 1 aliphatic carbocycles. The third-order valence-electron chi connectivity index (χ3n) is 3.18. The minimum absolute atomic E-state index is 0.0773. The first kappa shape index (κ1) is 11.6. The summed E-state index contributed by atoms with van der Waals surface area (Å²) < 4.78 is 0. The molecule has 0 saturated heterocycles. The van der Waals surface area contributed by atoms with Gasteiger partial charge < -0.3 is 4.90 Å². The van der Waals surface area contributed by atoms with Gasteiger partial charge in [-0.1, -0.05) is 12.8 Å². The number of carbonyl (C=O) groups is 1. The van der Waals surface area contributed by atoms with Crippen molar-refractivity contribution in [2.75, 3.05) is 6.54 Å². The molecule has 0 atom stereocenters. The zero-order valence-corrected chi connectivity index (χ0v) is 9.67. The van der Waals surface area contributed by atoms with Crippen molar-refractivity contribution in [1.82, 2.24) is 9.88 Å². The summed E-state index contributed by atoms with van der Waals surface area (Å²) in [6.45, 7) is 0.165.